The third-order valence-corrected chi connectivity index (χ3v) is 7.73. The zero-order chi connectivity index (χ0) is 22.4. The second-order valence-corrected chi connectivity index (χ2v) is 10.5. The summed E-state index contributed by atoms with van der Waals surface area (Å²) in [6.07, 6.45) is 9.61. The number of nitrogens with one attached hydrogen (secondary N) is 2. The van der Waals surface area contributed by atoms with E-state index in [0.29, 0.717) is 32.0 Å². The number of sulfonamides is 1. The topological polar surface area (TPSA) is 93.6 Å². The fourth-order valence-corrected chi connectivity index (χ4v) is 5.55. The number of carbonyl (C=O) groups is 1. The van der Waals surface area contributed by atoms with E-state index in [4.69, 9.17) is 5.41 Å². The van der Waals surface area contributed by atoms with Gasteiger partial charge in [-0.15, -0.1) is 0 Å². The average Bonchev–Trinajstić information content (AvgIpc) is 3.15. The van der Waals surface area contributed by atoms with Gasteiger partial charge in [0.2, 0.25) is 11.9 Å². The van der Waals surface area contributed by atoms with Crippen molar-refractivity contribution in [2.24, 2.45) is 5.92 Å². The van der Waals surface area contributed by atoms with E-state index in [-0.39, 0.29) is 22.8 Å². The minimum Gasteiger partial charge on any atom is -0.352 e. The molecule has 8 heteroatoms. The zero-order valence-electron chi connectivity index (χ0n) is 18.5. The summed E-state index contributed by atoms with van der Waals surface area (Å²) < 4.78 is 27.5. The van der Waals surface area contributed by atoms with E-state index in [1.54, 1.807) is 30.3 Å². The smallest absolute Gasteiger partial charge is 0.266 e. The van der Waals surface area contributed by atoms with Gasteiger partial charge in [0.1, 0.15) is 0 Å². The van der Waals surface area contributed by atoms with Crippen LogP contribution in [0.5, 0.6) is 0 Å². The summed E-state index contributed by atoms with van der Waals surface area (Å²) >= 11 is 0. The number of hydrogen-bond acceptors (Lipinski definition) is 4. The van der Waals surface area contributed by atoms with E-state index in [2.05, 4.69) is 5.32 Å². The van der Waals surface area contributed by atoms with E-state index >= 15 is 0 Å². The molecule has 0 aromatic heterocycles. The van der Waals surface area contributed by atoms with Gasteiger partial charge in [0, 0.05) is 19.1 Å². The Morgan fingerprint density at radius 3 is 2.48 bits per heavy atom. The van der Waals surface area contributed by atoms with Gasteiger partial charge >= 0.3 is 0 Å². The van der Waals surface area contributed by atoms with Gasteiger partial charge in [-0.1, -0.05) is 51.3 Å². The molecule has 0 bridgehead atoms. The van der Waals surface area contributed by atoms with Crippen LogP contribution in [-0.2, 0) is 21.2 Å². The summed E-state index contributed by atoms with van der Waals surface area (Å²) in [6.45, 7) is 5.43. The molecule has 2 N–H and O–H groups in total. The second-order valence-electron chi connectivity index (χ2n) is 8.67. The lowest BCUT2D eigenvalue weighted by Crippen LogP contribution is -2.42. The Hall–Kier alpha value is -2.35. The first-order chi connectivity index (χ1) is 14.8. The molecule has 1 saturated carbocycles. The van der Waals surface area contributed by atoms with Gasteiger partial charge in [0.15, 0.2) is 0 Å². The SMILES string of the molecule is CC(C)/C=C/C(=O)NCCc1ccc(S(=O)(=O)N2CCN(C3CCCCC3)C2=N)cc1. The largest absolute Gasteiger partial charge is 0.352 e. The Morgan fingerprint density at radius 2 is 1.84 bits per heavy atom. The Balaban J connectivity index is 1.57. The fourth-order valence-electron chi connectivity index (χ4n) is 4.16. The summed E-state index contributed by atoms with van der Waals surface area (Å²) in [5.41, 5.74) is 0.951. The molecule has 1 amide bonds. The zero-order valence-corrected chi connectivity index (χ0v) is 19.3. The normalized spacial score (nSPS) is 18.4. The van der Waals surface area contributed by atoms with Crippen LogP contribution < -0.4 is 5.32 Å². The number of carbonyl (C=O) groups excluding carboxylic acids is 1. The molecule has 3 rings (SSSR count). The van der Waals surface area contributed by atoms with Crippen molar-refractivity contribution in [1.82, 2.24) is 14.5 Å². The van der Waals surface area contributed by atoms with Crippen LogP contribution in [0.3, 0.4) is 0 Å². The molecule has 0 spiro atoms. The predicted molar refractivity (Wildman–Crippen MR) is 122 cm³/mol. The summed E-state index contributed by atoms with van der Waals surface area (Å²) in [6, 6.07) is 7.04. The molecule has 1 aliphatic heterocycles. The van der Waals surface area contributed by atoms with E-state index in [1.807, 2.05) is 24.8 Å². The van der Waals surface area contributed by atoms with Crippen molar-refractivity contribution < 1.29 is 13.2 Å². The van der Waals surface area contributed by atoms with Crippen molar-refractivity contribution in [3.05, 3.63) is 42.0 Å². The lowest BCUT2D eigenvalue weighted by Gasteiger charge is -2.32. The summed E-state index contributed by atoms with van der Waals surface area (Å²) in [7, 11) is -3.74. The molecule has 2 aliphatic rings. The fraction of sp³-hybridized carbons (Fsp3) is 0.565. The van der Waals surface area contributed by atoms with Gasteiger partial charge < -0.3 is 10.2 Å². The molecular weight excluding hydrogens is 412 g/mol. The Labute approximate surface area is 186 Å². The highest BCUT2D eigenvalue weighted by Crippen LogP contribution is 2.28. The van der Waals surface area contributed by atoms with Crippen molar-refractivity contribution in [3.8, 4) is 0 Å². The number of guanidine groups is 1. The second kappa shape index (κ2) is 10.3. The highest BCUT2D eigenvalue weighted by atomic mass is 32.2. The van der Waals surface area contributed by atoms with Crippen LogP contribution in [-0.4, -0.2) is 55.2 Å². The van der Waals surface area contributed by atoms with Gasteiger partial charge in [-0.2, -0.15) is 0 Å². The maximum absolute atomic E-state index is 13.1. The van der Waals surface area contributed by atoms with Crippen LogP contribution in [0.4, 0.5) is 0 Å². The number of rotatable bonds is 8. The van der Waals surface area contributed by atoms with Gasteiger partial charge in [0.05, 0.1) is 11.4 Å². The van der Waals surface area contributed by atoms with Crippen LogP contribution >= 0.6 is 0 Å². The Morgan fingerprint density at radius 1 is 1.16 bits per heavy atom. The first-order valence-corrected chi connectivity index (χ1v) is 12.7. The number of nitrogens with zero attached hydrogens (tertiary/aromatic N) is 2. The Bertz CT molecular complexity index is 903. The van der Waals surface area contributed by atoms with Crippen LogP contribution in [0.15, 0.2) is 41.3 Å². The van der Waals surface area contributed by atoms with Gasteiger partial charge in [-0.3, -0.25) is 10.2 Å². The molecule has 1 aromatic rings. The first kappa shape index (κ1) is 23.3. The van der Waals surface area contributed by atoms with Crippen LogP contribution in [0, 0.1) is 11.3 Å². The maximum Gasteiger partial charge on any atom is 0.266 e. The standard InChI is InChI=1S/C23H34N4O3S/c1-18(2)8-13-22(28)25-15-14-19-9-11-21(12-10-19)31(29,30)27-17-16-26(23(27)24)20-6-4-3-5-7-20/h8-13,18,20,24H,3-7,14-17H2,1-2H3,(H,25,28)/b13-8+,24-23?. The third kappa shape index (κ3) is 5.87. The average molecular weight is 447 g/mol. The van der Waals surface area contributed by atoms with E-state index in [0.717, 1.165) is 31.2 Å². The lowest BCUT2D eigenvalue weighted by molar-refractivity contribution is -0.116. The lowest BCUT2D eigenvalue weighted by atomic mass is 9.94. The van der Waals surface area contributed by atoms with E-state index in [9.17, 15) is 13.2 Å². The molecule has 0 unspecified atom stereocenters. The quantitative estimate of drug-likeness (QED) is 0.600. The number of allylic oxidation sites excluding steroid dienone is 1. The highest BCUT2D eigenvalue weighted by Gasteiger charge is 2.38. The summed E-state index contributed by atoms with van der Waals surface area (Å²) in [5.74, 6) is 0.309. The monoisotopic (exact) mass is 446 g/mol. The predicted octanol–water partition coefficient (Wildman–Crippen LogP) is 3.13. The number of benzene rings is 1. The van der Waals surface area contributed by atoms with Crippen molar-refractivity contribution >= 4 is 21.9 Å². The van der Waals surface area contributed by atoms with E-state index in [1.165, 1.54) is 10.7 Å². The van der Waals surface area contributed by atoms with E-state index < -0.39 is 10.0 Å². The van der Waals surface area contributed by atoms with Gasteiger partial charge in [0.25, 0.3) is 10.0 Å². The number of hydrogen-bond donors (Lipinski definition) is 2. The molecule has 31 heavy (non-hydrogen) atoms. The molecule has 0 atom stereocenters. The molecule has 0 radical (unpaired) electrons. The molecule has 1 aromatic carbocycles. The summed E-state index contributed by atoms with van der Waals surface area (Å²) in [4.78, 5) is 13.9. The third-order valence-electron chi connectivity index (χ3n) is 5.92. The first-order valence-electron chi connectivity index (χ1n) is 11.2. The molecule has 2 fully saturated rings. The summed E-state index contributed by atoms with van der Waals surface area (Å²) in [5, 5.41) is 11.3. The van der Waals surface area contributed by atoms with Crippen LogP contribution in [0.1, 0.15) is 51.5 Å². The molecule has 170 valence electrons. The van der Waals surface area contributed by atoms with Crippen molar-refractivity contribution in [2.45, 2.75) is 63.3 Å². The van der Waals surface area contributed by atoms with Crippen molar-refractivity contribution in [2.75, 3.05) is 19.6 Å². The molecule has 1 aliphatic carbocycles. The Kier molecular flexibility index (Phi) is 7.75. The maximum atomic E-state index is 13.1. The number of amides is 1. The van der Waals surface area contributed by atoms with Crippen LogP contribution in [0.2, 0.25) is 0 Å². The molecule has 7 nitrogen and oxygen atoms in total. The van der Waals surface area contributed by atoms with Crippen LogP contribution in [0.25, 0.3) is 0 Å². The molecular formula is C23H34N4O3S. The molecule has 1 heterocycles. The van der Waals surface area contributed by atoms with Gasteiger partial charge in [-0.25, -0.2) is 12.7 Å². The van der Waals surface area contributed by atoms with Crippen molar-refractivity contribution in [1.29, 1.82) is 5.41 Å². The minimum atomic E-state index is -3.74. The molecule has 1 saturated heterocycles. The minimum absolute atomic E-state index is 0.105. The van der Waals surface area contributed by atoms with Crippen molar-refractivity contribution in [3.63, 3.8) is 0 Å². The highest BCUT2D eigenvalue weighted by molar-refractivity contribution is 7.89. The van der Waals surface area contributed by atoms with Gasteiger partial charge in [-0.05, 0) is 49.0 Å².